The predicted molar refractivity (Wildman–Crippen MR) is 92.2 cm³/mol. The minimum atomic E-state index is -0.514. The topological polar surface area (TPSA) is 90.5 Å². The molecular formula is C17H25FN4O3. The third kappa shape index (κ3) is 8.14. The molecule has 0 aromatic heterocycles. The summed E-state index contributed by atoms with van der Waals surface area (Å²) in [6.07, 6.45) is 0. The van der Waals surface area contributed by atoms with E-state index in [0.717, 1.165) is 5.56 Å². The molecule has 0 bridgehead atoms. The first-order chi connectivity index (χ1) is 11.8. The molecule has 0 unspecified atom stereocenters. The largest absolute Gasteiger partial charge is 0.352 e. The minimum Gasteiger partial charge on any atom is -0.352 e. The molecule has 0 atom stereocenters. The number of likely N-dealkylation sites (N-methyl/N-ethyl adjacent to an activating group) is 1. The van der Waals surface area contributed by atoms with Crippen LogP contribution in [-0.2, 0) is 16.1 Å². The number of nitrogens with zero attached hydrogens (tertiary/aromatic N) is 1. The summed E-state index contributed by atoms with van der Waals surface area (Å²) in [6.45, 7) is 5.75. The van der Waals surface area contributed by atoms with Crippen LogP contribution in [0, 0.1) is 5.82 Å². The molecule has 0 heterocycles. The third-order valence-electron chi connectivity index (χ3n) is 3.29. The van der Waals surface area contributed by atoms with E-state index in [4.69, 9.17) is 0 Å². The molecule has 4 amide bonds. The van der Waals surface area contributed by atoms with Gasteiger partial charge in [-0.05, 0) is 38.5 Å². The molecule has 1 aromatic rings. The van der Waals surface area contributed by atoms with Crippen molar-refractivity contribution in [2.45, 2.75) is 33.4 Å². The van der Waals surface area contributed by atoms with Gasteiger partial charge in [0.05, 0.1) is 13.1 Å². The fourth-order valence-electron chi connectivity index (χ4n) is 2.03. The van der Waals surface area contributed by atoms with Crippen molar-refractivity contribution < 1.29 is 18.8 Å². The zero-order chi connectivity index (χ0) is 18.8. The second kappa shape index (κ2) is 10.3. The van der Waals surface area contributed by atoms with E-state index in [1.165, 1.54) is 17.0 Å². The lowest BCUT2D eigenvalue weighted by Crippen LogP contribution is -2.47. The molecule has 138 valence electrons. The first kappa shape index (κ1) is 20.4. The zero-order valence-electron chi connectivity index (χ0n) is 14.8. The molecule has 7 nitrogen and oxygen atoms in total. The van der Waals surface area contributed by atoms with Crippen molar-refractivity contribution in [1.29, 1.82) is 0 Å². The van der Waals surface area contributed by atoms with Crippen LogP contribution in [0.15, 0.2) is 24.3 Å². The molecular weight excluding hydrogens is 327 g/mol. The van der Waals surface area contributed by atoms with Crippen molar-refractivity contribution >= 4 is 17.8 Å². The van der Waals surface area contributed by atoms with Crippen LogP contribution in [0.25, 0.3) is 0 Å². The van der Waals surface area contributed by atoms with Gasteiger partial charge in [-0.2, -0.15) is 0 Å². The molecule has 25 heavy (non-hydrogen) atoms. The van der Waals surface area contributed by atoms with Gasteiger partial charge in [-0.15, -0.1) is 0 Å². The Balaban J connectivity index is 2.36. The highest BCUT2D eigenvalue weighted by atomic mass is 19.1. The van der Waals surface area contributed by atoms with E-state index in [1.54, 1.807) is 19.1 Å². The van der Waals surface area contributed by atoms with Gasteiger partial charge in [-0.1, -0.05) is 12.1 Å². The van der Waals surface area contributed by atoms with Crippen molar-refractivity contribution in [2.24, 2.45) is 0 Å². The van der Waals surface area contributed by atoms with Crippen molar-refractivity contribution in [3.05, 3.63) is 35.6 Å². The molecule has 0 fully saturated rings. The Kier molecular flexibility index (Phi) is 8.38. The molecule has 0 aliphatic heterocycles. The third-order valence-corrected chi connectivity index (χ3v) is 3.29. The van der Waals surface area contributed by atoms with E-state index in [1.807, 2.05) is 13.8 Å². The predicted octanol–water partition coefficient (Wildman–Crippen LogP) is 0.998. The molecule has 0 aliphatic carbocycles. The van der Waals surface area contributed by atoms with Crippen molar-refractivity contribution in [1.82, 2.24) is 20.9 Å². The molecule has 0 spiro atoms. The number of carbonyl (C=O) groups excluding carboxylic acids is 3. The second-order valence-electron chi connectivity index (χ2n) is 5.79. The second-order valence-corrected chi connectivity index (χ2v) is 5.79. The van der Waals surface area contributed by atoms with Gasteiger partial charge < -0.3 is 20.9 Å². The van der Waals surface area contributed by atoms with Crippen molar-refractivity contribution in [3.63, 3.8) is 0 Å². The van der Waals surface area contributed by atoms with Gasteiger partial charge in [0, 0.05) is 19.1 Å². The maximum atomic E-state index is 12.8. The normalized spacial score (nSPS) is 10.3. The molecule has 0 saturated carbocycles. The first-order valence-corrected chi connectivity index (χ1v) is 8.15. The standard InChI is InChI=1S/C17H25FN4O3/c1-4-22(11-15(23)21-12(2)3)16(24)10-20-17(25)19-9-13-5-7-14(18)8-6-13/h5-8,12H,4,9-11H2,1-3H3,(H,21,23)(H2,19,20,25). The minimum absolute atomic E-state index is 0.00308. The maximum Gasteiger partial charge on any atom is 0.315 e. The summed E-state index contributed by atoms with van der Waals surface area (Å²) in [4.78, 5) is 36.9. The van der Waals surface area contributed by atoms with Crippen LogP contribution in [0.5, 0.6) is 0 Å². The molecule has 8 heteroatoms. The van der Waals surface area contributed by atoms with Crippen LogP contribution < -0.4 is 16.0 Å². The lowest BCUT2D eigenvalue weighted by atomic mass is 10.2. The number of halogens is 1. The van der Waals surface area contributed by atoms with Crippen LogP contribution >= 0.6 is 0 Å². The van der Waals surface area contributed by atoms with E-state index in [9.17, 15) is 18.8 Å². The lowest BCUT2D eigenvalue weighted by Gasteiger charge is -2.21. The van der Waals surface area contributed by atoms with Crippen LogP contribution in [0.1, 0.15) is 26.3 Å². The molecule has 1 rings (SSSR count). The number of nitrogens with one attached hydrogen (secondary N) is 3. The Morgan fingerprint density at radius 1 is 1.12 bits per heavy atom. The van der Waals surface area contributed by atoms with Crippen LogP contribution in [0.2, 0.25) is 0 Å². The van der Waals surface area contributed by atoms with Gasteiger partial charge in [-0.25, -0.2) is 9.18 Å². The van der Waals surface area contributed by atoms with Crippen LogP contribution in [-0.4, -0.2) is 48.4 Å². The van der Waals surface area contributed by atoms with Crippen LogP contribution in [0.3, 0.4) is 0 Å². The van der Waals surface area contributed by atoms with E-state index in [-0.39, 0.29) is 43.3 Å². The van der Waals surface area contributed by atoms with Crippen LogP contribution in [0.4, 0.5) is 9.18 Å². The summed E-state index contributed by atoms with van der Waals surface area (Å²) in [7, 11) is 0. The lowest BCUT2D eigenvalue weighted by molar-refractivity contribution is -0.135. The summed E-state index contributed by atoms with van der Waals surface area (Å²) < 4.78 is 12.8. The molecule has 0 aliphatic rings. The average Bonchev–Trinajstić information content (AvgIpc) is 2.56. The van der Waals surface area contributed by atoms with Gasteiger partial charge >= 0.3 is 6.03 Å². The molecule has 3 N–H and O–H groups in total. The summed E-state index contributed by atoms with van der Waals surface area (Å²) in [5.41, 5.74) is 0.739. The van der Waals surface area contributed by atoms with E-state index in [0.29, 0.717) is 6.54 Å². The Morgan fingerprint density at radius 3 is 2.32 bits per heavy atom. The van der Waals surface area contributed by atoms with Gasteiger partial charge in [0.25, 0.3) is 0 Å². The van der Waals surface area contributed by atoms with Gasteiger partial charge in [0.2, 0.25) is 11.8 Å². The number of hydrogen-bond acceptors (Lipinski definition) is 3. The number of urea groups is 1. The monoisotopic (exact) mass is 352 g/mol. The molecule has 1 aromatic carbocycles. The van der Waals surface area contributed by atoms with E-state index >= 15 is 0 Å². The smallest absolute Gasteiger partial charge is 0.315 e. The van der Waals surface area contributed by atoms with Gasteiger partial charge in [-0.3, -0.25) is 9.59 Å². The maximum absolute atomic E-state index is 12.8. The zero-order valence-corrected chi connectivity index (χ0v) is 14.8. The van der Waals surface area contributed by atoms with Gasteiger partial charge in [0.15, 0.2) is 0 Å². The summed E-state index contributed by atoms with van der Waals surface area (Å²) in [5, 5.41) is 7.73. The Labute approximate surface area is 147 Å². The van der Waals surface area contributed by atoms with E-state index in [2.05, 4.69) is 16.0 Å². The highest BCUT2D eigenvalue weighted by Gasteiger charge is 2.16. The molecule has 0 saturated heterocycles. The number of hydrogen-bond donors (Lipinski definition) is 3. The number of amides is 4. The highest BCUT2D eigenvalue weighted by Crippen LogP contribution is 2.01. The average molecular weight is 352 g/mol. The molecule has 0 radical (unpaired) electrons. The number of rotatable bonds is 8. The first-order valence-electron chi connectivity index (χ1n) is 8.15. The van der Waals surface area contributed by atoms with E-state index < -0.39 is 6.03 Å². The fraction of sp³-hybridized carbons (Fsp3) is 0.471. The highest BCUT2D eigenvalue weighted by molar-refractivity contribution is 5.88. The Hall–Kier alpha value is -2.64. The van der Waals surface area contributed by atoms with Gasteiger partial charge in [0.1, 0.15) is 5.82 Å². The Morgan fingerprint density at radius 2 is 1.76 bits per heavy atom. The van der Waals surface area contributed by atoms with Crippen molar-refractivity contribution in [3.8, 4) is 0 Å². The Bertz CT molecular complexity index is 590. The quantitative estimate of drug-likeness (QED) is 0.652. The number of benzene rings is 1. The summed E-state index contributed by atoms with van der Waals surface area (Å²) in [5.74, 6) is -0.941. The van der Waals surface area contributed by atoms with Crippen molar-refractivity contribution in [2.75, 3.05) is 19.6 Å². The number of carbonyl (C=O) groups is 3. The fourth-order valence-corrected chi connectivity index (χ4v) is 2.03. The SMILES string of the molecule is CCN(CC(=O)NC(C)C)C(=O)CNC(=O)NCc1ccc(F)cc1. The summed E-state index contributed by atoms with van der Waals surface area (Å²) >= 11 is 0. The summed E-state index contributed by atoms with van der Waals surface area (Å²) in [6, 6.07) is 5.22.